The van der Waals surface area contributed by atoms with Crippen molar-refractivity contribution in [3.8, 4) is 0 Å². The third-order valence-corrected chi connectivity index (χ3v) is 3.50. The maximum atomic E-state index is 13.2. The van der Waals surface area contributed by atoms with Crippen LogP contribution < -0.4 is 5.32 Å². The van der Waals surface area contributed by atoms with E-state index in [1.165, 1.54) is 17.4 Å². The third-order valence-electron chi connectivity index (χ3n) is 2.80. The predicted octanol–water partition coefficient (Wildman–Crippen LogP) is 3.29. The molecule has 2 aromatic rings. The minimum Gasteiger partial charge on any atom is -0.345 e. The fourth-order valence-corrected chi connectivity index (χ4v) is 2.43. The van der Waals surface area contributed by atoms with E-state index in [4.69, 9.17) is 0 Å². The molecule has 1 aromatic carbocycles. The van der Waals surface area contributed by atoms with Crippen LogP contribution >= 0.6 is 11.3 Å². The van der Waals surface area contributed by atoms with Gasteiger partial charge in [0.15, 0.2) is 0 Å². The number of benzene rings is 1. The van der Waals surface area contributed by atoms with Crippen LogP contribution in [0.25, 0.3) is 0 Å². The number of thiophene rings is 1. The van der Waals surface area contributed by atoms with Gasteiger partial charge in [-0.2, -0.15) is 15.7 Å². The minimum absolute atomic E-state index is 0.0557. The van der Waals surface area contributed by atoms with Crippen molar-refractivity contribution < 1.29 is 14.1 Å². The van der Waals surface area contributed by atoms with E-state index in [1.54, 1.807) is 6.92 Å². The highest BCUT2D eigenvalue weighted by atomic mass is 32.1. The molecule has 0 fully saturated rings. The highest BCUT2D eigenvalue weighted by molar-refractivity contribution is 7.07. The number of nitro benzene ring substituents is 1. The van der Waals surface area contributed by atoms with Crippen LogP contribution in [-0.4, -0.2) is 10.8 Å². The number of carbonyl (C=O) groups excluding carboxylic acids is 1. The molecule has 1 amide bonds. The molecule has 1 heterocycles. The standard InChI is InChI=1S/C13H11FN2O3S/c1-8(10-4-5-20-7-10)15-13(17)9-2-3-11(14)12(6-9)16(18)19/h2-8H,1H3,(H,15,17). The number of halogens is 1. The summed E-state index contributed by atoms with van der Waals surface area (Å²) in [6.45, 7) is 1.80. The third kappa shape index (κ3) is 3.00. The van der Waals surface area contributed by atoms with Crippen LogP contribution in [0.5, 0.6) is 0 Å². The number of rotatable bonds is 4. The van der Waals surface area contributed by atoms with Crippen LogP contribution in [0.1, 0.15) is 28.9 Å². The molecule has 0 bridgehead atoms. The largest absolute Gasteiger partial charge is 0.345 e. The Morgan fingerprint density at radius 1 is 1.45 bits per heavy atom. The van der Waals surface area contributed by atoms with Crippen molar-refractivity contribution in [2.45, 2.75) is 13.0 Å². The average molecular weight is 294 g/mol. The van der Waals surface area contributed by atoms with Crippen LogP contribution in [0.4, 0.5) is 10.1 Å². The first-order valence-corrected chi connectivity index (χ1v) is 6.70. The van der Waals surface area contributed by atoms with E-state index in [1.807, 2.05) is 16.8 Å². The molecule has 0 saturated carbocycles. The molecule has 20 heavy (non-hydrogen) atoms. The molecule has 104 valence electrons. The zero-order chi connectivity index (χ0) is 14.7. The Labute approximate surface area is 118 Å². The zero-order valence-corrected chi connectivity index (χ0v) is 11.3. The second kappa shape index (κ2) is 5.79. The molecule has 0 spiro atoms. The first kappa shape index (κ1) is 14.1. The summed E-state index contributed by atoms with van der Waals surface area (Å²) in [4.78, 5) is 21.8. The summed E-state index contributed by atoms with van der Waals surface area (Å²) in [5.41, 5.74) is 0.293. The summed E-state index contributed by atoms with van der Waals surface area (Å²) in [6.07, 6.45) is 0. The van der Waals surface area contributed by atoms with Crippen molar-refractivity contribution in [2.75, 3.05) is 0 Å². The maximum absolute atomic E-state index is 13.2. The quantitative estimate of drug-likeness (QED) is 0.694. The lowest BCUT2D eigenvalue weighted by atomic mass is 10.1. The normalized spacial score (nSPS) is 11.9. The predicted molar refractivity (Wildman–Crippen MR) is 73.3 cm³/mol. The van der Waals surface area contributed by atoms with Crippen molar-refractivity contribution in [3.63, 3.8) is 0 Å². The summed E-state index contributed by atoms with van der Waals surface area (Å²) in [6, 6.07) is 4.73. The van der Waals surface area contributed by atoms with Crippen molar-refractivity contribution in [1.82, 2.24) is 5.32 Å². The number of nitro groups is 1. The number of hydrogen-bond donors (Lipinski definition) is 1. The molecular formula is C13H11FN2O3S. The lowest BCUT2D eigenvalue weighted by Crippen LogP contribution is -2.26. The summed E-state index contributed by atoms with van der Waals surface area (Å²) in [5.74, 6) is -1.44. The fourth-order valence-electron chi connectivity index (χ4n) is 1.68. The lowest BCUT2D eigenvalue weighted by Gasteiger charge is -2.12. The molecule has 0 aliphatic heterocycles. The van der Waals surface area contributed by atoms with Crippen molar-refractivity contribution in [2.24, 2.45) is 0 Å². The Hall–Kier alpha value is -2.28. The fraction of sp³-hybridized carbons (Fsp3) is 0.154. The summed E-state index contributed by atoms with van der Waals surface area (Å²) in [5, 5.41) is 17.1. The Bertz CT molecular complexity index is 643. The van der Waals surface area contributed by atoms with Crippen LogP contribution in [0, 0.1) is 15.9 Å². The highest BCUT2D eigenvalue weighted by Crippen LogP contribution is 2.20. The van der Waals surface area contributed by atoms with Gasteiger partial charge in [0.2, 0.25) is 5.82 Å². The van der Waals surface area contributed by atoms with Crippen LogP contribution in [0.15, 0.2) is 35.0 Å². The van der Waals surface area contributed by atoms with Gasteiger partial charge in [-0.15, -0.1) is 0 Å². The van der Waals surface area contributed by atoms with Gasteiger partial charge in [0, 0.05) is 11.6 Å². The molecule has 1 atom stereocenters. The van der Waals surface area contributed by atoms with Gasteiger partial charge in [-0.25, -0.2) is 0 Å². The molecule has 0 aliphatic rings. The van der Waals surface area contributed by atoms with Crippen molar-refractivity contribution in [3.05, 3.63) is 62.1 Å². The van der Waals surface area contributed by atoms with Gasteiger partial charge < -0.3 is 5.32 Å². The van der Waals surface area contributed by atoms with Gasteiger partial charge in [-0.3, -0.25) is 14.9 Å². The van der Waals surface area contributed by atoms with Crippen LogP contribution in [0.2, 0.25) is 0 Å². The van der Waals surface area contributed by atoms with Gasteiger partial charge in [0.25, 0.3) is 5.91 Å². The zero-order valence-electron chi connectivity index (χ0n) is 10.5. The monoisotopic (exact) mass is 294 g/mol. The van der Waals surface area contributed by atoms with E-state index >= 15 is 0 Å². The highest BCUT2D eigenvalue weighted by Gasteiger charge is 2.18. The number of hydrogen-bond acceptors (Lipinski definition) is 4. The maximum Gasteiger partial charge on any atom is 0.305 e. The average Bonchev–Trinajstić information content (AvgIpc) is 2.92. The van der Waals surface area contributed by atoms with E-state index in [9.17, 15) is 19.3 Å². The van der Waals surface area contributed by atoms with E-state index in [0.717, 1.165) is 17.7 Å². The Morgan fingerprint density at radius 2 is 2.20 bits per heavy atom. The molecule has 0 aliphatic carbocycles. The second-order valence-corrected chi connectivity index (χ2v) is 4.96. The van der Waals surface area contributed by atoms with E-state index < -0.39 is 22.3 Å². The summed E-state index contributed by atoms with van der Waals surface area (Å²) >= 11 is 1.51. The van der Waals surface area contributed by atoms with Gasteiger partial charge in [0.1, 0.15) is 0 Å². The molecule has 2 rings (SSSR count). The molecule has 0 saturated heterocycles. The SMILES string of the molecule is CC(NC(=O)c1ccc(F)c([N+](=O)[O-])c1)c1ccsc1. The smallest absolute Gasteiger partial charge is 0.305 e. The Morgan fingerprint density at radius 3 is 2.80 bits per heavy atom. The first-order valence-electron chi connectivity index (χ1n) is 5.76. The van der Waals surface area contributed by atoms with Crippen LogP contribution in [0.3, 0.4) is 0 Å². The second-order valence-electron chi connectivity index (χ2n) is 4.18. The molecule has 1 N–H and O–H groups in total. The summed E-state index contributed by atoms with van der Waals surface area (Å²) in [7, 11) is 0. The van der Waals surface area contributed by atoms with E-state index in [0.29, 0.717) is 0 Å². The summed E-state index contributed by atoms with van der Waals surface area (Å²) < 4.78 is 13.2. The topological polar surface area (TPSA) is 72.2 Å². The van der Waals surface area contributed by atoms with Gasteiger partial charge >= 0.3 is 5.69 Å². The first-order chi connectivity index (χ1) is 9.49. The van der Waals surface area contributed by atoms with Gasteiger partial charge in [0.05, 0.1) is 11.0 Å². The number of carbonyl (C=O) groups is 1. The van der Waals surface area contributed by atoms with Gasteiger partial charge in [-0.1, -0.05) is 0 Å². The molecule has 1 unspecified atom stereocenters. The number of nitrogens with zero attached hydrogens (tertiary/aromatic N) is 1. The molecule has 5 nitrogen and oxygen atoms in total. The molecular weight excluding hydrogens is 283 g/mol. The van der Waals surface area contributed by atoms with Crippen molar-refractivity contribution in [1.29, 1.82) is 0 Å². The molecule has 1 aromatic heterocycles. The molecule has 7 heteroatoms. The van der Waals surface area contributed by atoms with E-state index in [-0.39, 0.29) is 11.6 Å². The van der Waals surface area contributed by atoms with E-state index in [2.05, 4.69) is 5.32 Å². The van der Waals surface area contributed by atoms with Crippen molar-refractivity contribution >= 4 is 22.9 Å². The number of nitrogens with one attached hydrogen (secondary N) is 1. The minimum atomic E-state index is -0.961. The van der Waals surface area contributed by atoms with Gasteiger partial charge in [-0.05, 0) is 41.4 Å². The van der Waals surface area contributed by atoms with Crippen LogP contribution in [-0.2, 0) is 0 Å². The lowest BCUT2D eigenvalue weighted by molar-refractivity contribution is -0.387. The molecule has 0 radical (unpaired) electrons. The Kier molecular flexibility index (Phi) is 4.09. The Balaban J connectivity index is 2.17. The number of amides is 1.